The summed E-state index contributed by atoms with van der Waals surface area (Å²) in [5, 5.41) is 46.0. The van der Waals surface area contributed by atoms with Gasteiger partial charge in [0.2, 0.25) is 5.96 Å². The van der Waals surface area contributed by atoms with Gasteiger partial charge in [0.25, 0.3) is 0 Å². The molecule has 0 aromatic heterocycles. The Morgan fingerprint density at radius 3 is 1.64 bits per heavy atom. The fraction of sp³-hybridized carbons (Fsp3) is 0.500. The van der Waals surface area contributed by atoms with Gasteiger partial charge in [-0.05, 0) is 0 Å². The topological polar surface area (TPSA) is 232 Å². The highest BCUT2D eigenvalue weighted by atomic mass is 16.4. The third kappa shape index (κ3) is 9.96. The zero-order valence-corrected chi connectivity index (χ0v) is 11.9. The van der Waals surface area contributed by atoms with E-state index in [1.807, 2.05) is 0 Å². The molecule has 0 aliphatic heterocycles. The van der Waals surface area contributed by atoms with Gasteiger partial charge in [-0.1, -0.05) is 0 Å². The van der Waals surface area contributed by atoms with Crippen LogP contribution in [0.5, 0.6) is 0 Å². The Bertz CT molecular complexity index is 454. The van der Waals surface area contributed by atoms with Gasteiger partial charge in [-0.25, -0.2) is 0 Å². The molecule has 0 unspecified atom stereocenters. The summed E-state index contributed by atoms with van der Waals surface area (Å²) in [5.41, 5.74) is 7.01. The predicted molar refractivity (Wildman–Crippen MR) is 66.4 cm³/mol. The highest BCUT2D eigenvalue weighted by Gasteiger charge is 2.29. The second-order valence-electron chi connectivity index (χ2n) is 4.17. The second-order valence-corrected chi connectivity index (χ2v) is 4.17. The van der Waals surface area contributed by atoms with E-state index in [1.165, 1.54) is 4.90 Å². The number of nitrogens with zero attached hydrogens (tertiary/aromatic N) is 2. The molecule has 0 atom stereocenters. The first-order valence-corrected chi connectivity index (χ1v) is 5.51. The Labute approximate surface area is 125 Å². The summed E-state index contributed by atoms with van der Waals surface area (Å²) in [7, 11) is 3.38. The first-order valence-electron chi connectivity index (χ1n) is 5.51. The van der Waals surface area contributed by atoms with Crippen molar-refractivity contribution in [1.29, 1.82) is 5.41 Å². The highest BCUT2D eigenvalue weighted by molar-refractivity contribution is 5.91. The van der Waals surface area contributed by atoms with E-state index in [1.54, 1.807) is 14.1 Å². The van der Waals surface area contributed by atoms with Gasteiger partial charge < -0.3 is 51.2 Å². The third-order valence-electron chi connectivity index (χ3n) is 1.91. The van der Waals surface area contributed by atoms with Crippen LogP contribution in [0, 0.1) is 5.41 Å². The standard InChI is InChI=1S/C6H8O7.C4H11N5/c7-3(8)1-6(13,5(11)12)2-4(9)10;1-9(2)4(7)8-3(5)6/h13H,1-2H2,(H,7,8)(H,9,10)(H,11,12);1-2H3,(H5,5,6,7,8)/p-3. The normalized spacial score (nSPS) is 9.77. The molecule has 0 amide bonds. The van der Waals surface area contributed by atoms with E-state index >= 15 is 0 Å². The molecule has 0 saturated heterocycles. The molecule has 126 valence electrons. The van der Waals surface area contributed by atoms with E-state index in [2.05, 4.69) is 4.99 Å². The van der Waals surface area contributed by atoms with Gasteiger partial charge in [-0.3, -0.25) is 5.41 Å². The third-order valence-corrected chi connectivity index (χ3v) is 1.91. The molecule has 0 spiro atoms. The lowest BCUT2D eigenvalue weighted by molar-refractivity contribution is -0.339. The fourth-order valence-corrected chi connectivity index (χ4v) is 0.907. The van der Waals surface area contributed by atoms with Crippen molar-refractivity contribution in [3.05, 3.63) is 0 Å². The van der Waals surface area contributed by atoms with Crippen LogP contribution in [0.3, 0.4) is 0 Å². The lowest BCUT2D eigenvalue weighted by Gasteiger charge is -2.29. The van der Waals surface area contributed by atoms with Crippen LogP contribution < -0.4 is 26.8 Å². The van der Waals surface area contributed by atoms with Crippen molar-refractivity contribution in [3.63, 3.8) is 0 Å². The average molecular weight is 318 g/mol. The number of nitrogens with one attached hydrogen (secondary N) is 1. The van der Waals surface area contributed by atoms with Crippen LogP contribution in [0.2, 0.25) is 0 Å². The number of guanidine groups is 2. The van der Waals surface area contributed by atoms with Crippen LogP contribution in [0.1, 0.15) is 12.8 Å². The molecule has 0 aromatic rings. The first-order chi connectivity index (χ1) is 9.81. The summed E-state index contributed by atoms with van der Waals surface area (Å²) in [4.78, 5) is 35.0. The molecule has 0 bridgehead atoms. The molecule has 0 heterocycles. The summed E-state index contributed by atoms with van der Waals surface area (Å²) < 4.78 is 0. The average Bonchev–Trinajstić information content (AvgIpc) is 2.25. The van der Waals surface area contributed by atoms with E-state index in [9.17, 15) is 29.7 Å². The van der Waals surface area contributed by atoms with Crippen LogP contribution in [0.15, 0.2) is 4.99 Å². The van der Waals surface area contributed by atoms with Crippen molar-refractivity contribution >= 4 is 29.8 Å². The SMILES string of the molecule is CN(C)C(=N)N=C(N)N.O=C([O-])CC(O)(CC(=O)[O-])C(=O)[O-]. The molecule has 0 radical (unpaired) electrons. The molecule has 22 heavy (non-hydrogen) atoms. The van der Waals surface area contributed by atoms with Gasteiger partial charge in [0.05, 0.1) is 5.97 Å². The maximum atomic E-state index is 10.1. The molecular formula is C10H16N5O7-3. The monoisotopic (exact) mass is 318 g/mol. The van der Waals surface area contributed by atoms with Crippen molar-refractivity contribution in [3.8, 4) is 0 Å². The van der Waals surface area contributed by atoms with Crippen molar-refractivity contribution in [2.75, 3.05) is 14.1 Å². The quantitative estimate of drug-likeness (QED) is 0.276. The zero-order valence-electron chi connectivity index (χ0n) is 11.9. The lowest BCUT2D eigenvalue weighted by Crippen LogP contribution is -2.54. The Morgan fingerprint density at radius 1 is 1.14 bits per heavy atom. The number of nitrogens with two attached hydrogens (primary N) is 2. The molecule has 6 N–H and O–H groups in total. The highest BCUT2D eigenvalue weighted by Crippen LogP contribution is 2.13. The van der Waals surface area contributed by atoms with Crippen LogP contribution in [0.4, 0.5) is 0 Å². The van der Waals surface area contributed by atoms with E-state index in [0.29, 0.717) is 0 Å². The first kappa shape index (κ1) is 21.4. The number of aliphatic imine (C=N–C) groups is 1. The fourth-order valence-electron chi connectivity index (χ4n) is 0.907. The zero-order chi connectivity index (χ0) is 18.1. The maximum absolute atomic E-state index is 10.1. The lowest BCUT2D eigenvalue weighted by atomic mass is 9.96. The smallest absolute Gasteiger partial charge is 0.220 e. The summed E-state index contributed by atoms with van der Waals surface area (Å²) in [5.74, 6) is -6.02. The minimum Gasteiger partial charge on any atom is -0.550 e. The number of hydrogen-bond acceptors (Lipinski definition) is 8. The van der Waals surface area contributed by atoms with Gasteiger partial charge in [-0.15, -0.1) is 0 Å². The van der Waals surface area contributed by atoms with Crippen LogP contribution in [-0.2, 0) is 14.4 Å². The van der Waals surface area contributed by atoms with E-state index in [4.69, 9.17) is 22.0 Å². The van der Waals surface area contributed by atoms with Gasteiger partial charge in [-0.2, -0.15) is 4.99 Å². The summed E-state index contributed by atoms with van der Waals surface area (Å²) in [6.07, 6.45) is -2.72. The van der Waals surface area contributed by atoms with Gasteiger partial charge >= 0.3 is 0 Å². The van der Waals surface area contributed by atoms with Crippen molar-refractivity contribution < 1.29 is 34.8 Å². The number of carboxylic acid groups (broad SMARTS) is 3. The number of rotatable bonds is 5. The summed E-state index contributed by atoms with van der Waals surface area (Å²) >= 11 is 0. The minimum absolute atomic E-state index is 0.0509. The molecule has 0 rings (SSSR count). The summed E-state index contributed by atoms with van der Waals surface area (Å²) in [6.45, 7) is 0. The van der Waals surface area contributed by atoms with Gasteiger partial charge in [0.15, 0.2) is 5.96 Å². The van der Waals surface area contributed by atoms with Crippen LogP contribution in [0.25, 0.3) is 0 Å². The van der Waals surface area contributed by atoms with Crippen LogP contribution >= 0.6 is 0 Å². The number of carbonyl (C=O) groups excluding carboxylic acids is 3. The number of hydrogen-bond donors (Lipinski definition) is 4. The Hall–Kier alpha value is -2.89. The molecular weight excluding hydrogens is 302 g/mol. The molecule has 12 heteroatoms. The minimum atomic E-state index is -2.97. The molecule has 12 nitrogen and oxygen atoms in total. The van der Waals surface area contributed by atoms with Gasteiger partial charge in [0, 0.05) is 38.9 Å². The van der Waals surface area contributed by atoms with E-state index in [0.717, 1.165) is 0 Å². The van der Waals surface area contributed by atoms with E-state index in [-0.39, 0.29) is 11.9 Å². The number of carbonyl (C=O) groups is 3. The number of carboxylic acids is 3. The van der Waals surface area contributed by atoms with Crippen molar-refractivity contribution in [2.24, 2.45) is 16.5 Å². The summed E-state index contributed by atoms with van der Waals surface area (Å²) in [6, 6.07) is 0. The Balaban J connectivity index is 0. The molecule has 0 aromatic carbocycles. The van der Waals surface area contributed by atoms with Crippen LogP contribution in [-0.4, -0.2) is 59.5 Å². The van der Waals surface area contributed by atoms with E-state index < -0.39 is 36.4 Å². The van der Waals surface area contributed by atoms with Gasteiger partial charge in [0.1, 0.15) is 5.60 Å². The number of aliphatic hydroxyl groups is 1. The second kappa shape index (κ2) is 9.12. The Kier molecular flexibility index (Phi) is 8.88. The number of aliphatic carboxylic acids is 3. The Morgan fingerprint density at radius 2 is 1.50 bits per heavy atom. The largest absolute Gasteiger partial charge is 0.550 e. The van der Waals surface area contributed by atoms with Crippen molar-refractivity contribution in [2.45, 2.75) is 18.4 Å². The molecule has 0 aliphatic carbocycles. The predicted octanol–water partition coefficient (Wildman–Crippen LogP) is -6.50. The van der Waals surface area contributed by atoms with Crippen molar-refractivity contribution in [1.82, 2.24) is 4.90 Å². The maximum Gasteiger partial charge on any atom is 0.220 e. The molecule has 0 saturated carbocycles. The molecule has 0 fully saturated rings. The molecule has 0 aliphatic rings.